The van der Waals surface area contributed by atoms with Gasteiger partial charge in [-0.25, -0.2) is 8.42 Å². The van der Waals surface area contributed by atoms with Crippen molar-refractivity contribution in [3.63, 3.8) is 0 Å². The van der Waals surface area contributed by atoms with E-state index in [9.17, 15) is 13.2 Å². The van der Waals surface area contributed by atoms with Crippen LogP contribution in [0, 0.1) is 0 Å². The summed E-state index contributed by atoms with van der Waals surface area (Å²) < 4.78 is 32.5. The molecule has 0 saturated carbocycles. The van der Waals surface area contributed by atoms with Crippen LogP contribution in [0.4, 0.5) is 5.69 Å². The maximum absolute atomic E-state index is 13.0. The fraction of sp³-hybridized carbons (Fsp3) is 0.278. The Morgan fingerprint density at radius 3 is 2.62 bits per heavy atom. The molecule has 136 valence electrons. The highest BCUT2D eigenvalue weighted by Crippen LogP contribution is 2.46. The molecule has 2 aliphatic heterocycles. The van der Waals surface area contributed by atoms with E-state index in [-0.39, 0.29) is 23.9 Å². The molecule has 2 aromatic carbocycles. The summed E-state index contributed by atoms with van der Waals surface area (Å²) in [6, 6.07) is 11.4. The van der Waals surface area contributed by atoms with Crippen molar-refractivity contribution in [1.29, 1.82) is 0 Å². The van der Waals surface area contributed by atoms with Crippen LogP contribution in [0.1, 0.15) is 12.0 Å². The van der Waals surface area contributed by atoms with Crippen LogP contribution in [-0.2, 0) is 20.2 Å². The van der Waals surface area contributed by atoms with Gasteiger partial charge in [0.15, 0.2) is 0 Å². The first-order valence-electron chi connectivity index (χ1n) is 8.12. The van der Waals surface area contributed by atoms with Crippen molar-refractivity contribution in [3.8, 4) is 5.75 Å². The van der Waals surface area contributed by atoms with Crippen LogP contribution < -0.4 is 10.1 Å². The van der Waals surface area contributed by atoms with Crippen molar-refractivity contribution in [2.45, 2.75) is 16.7 Å². The van der Waals surface area contributed by atoms with Crippen molar-refractivity contribution in [1.82, 2.24) is 4.31 Å². The minimum Gasteiger partial charge on any atom is -0.497 e. The molecule has 2 heterocycles. The Labute approximate surface area is 156 Å². The molecule has 0 aromatic heterocycles. The van der Waals surface area contributed by atoms with Gasteiger partial charge in [0.2, 0.25) is 15.9 Å². The number of carbonyl (C=O) groups is 1. The van der Waals surface area contributed by atoms with Gasteiger partial charge in [-0.1, -0.05) is 11.6 Å². The number of nitrogens with zero attached hydrogens (tertiary/aromatic N) is 1. The van der Waals surface area contributed by atoms with Crippen molar-refractivity contribution >= 4 is 33.2 Å². The topological polar surface area (TPSA) is 75.7 Å². The molecule has 1 fully saturated rings. The largest absolute Gasteiger partial charge is 0.497 e. The van der Waals surface area contributed by atoms with Gasteiger partial charge < -0.3 is 10.1 Å². The summed E-state index contributed by atoms with van der Waals surface area (Å²) in [7, 11) is -2.14. The number of carbonyl (C=O) groups excluding carboxylic acids is 1. The smallest absolute Gasteiger partial charge is 0.243 e. The van der Waals surface area contributed by atoms with Crippen molar-refractivity contribution < 1.29 is 17.9 Å². The number of nitrogens with one attached hydrogen (secondary N) is 1. The highest BCUT2D eigenvalue weighted by Gasteiger charge is 2.53. The number of fused-ring (bicyclic) bond motifs is 2. The zero-order valence-corrected chi connectivity index (χ0v) is 15.6. The van der Waals surface area contributed by atoms with E-state index >= 15 is 0 Å². The molecule has 1 amide bonds. The van der Waals surface area contributed by atoms with Crippen LogP contribution >= 0.6 is 11.6 Å². The van der Waals surface area contributed by atoms with Gasteiger partial charge in [-0.05, 0) is 54.4 Å². The maximum Gasteiger partial charge on any atom is 0.243 e. The first kappa shape index (κ1) is 17.3. The van der Waals surface area contributed by atoms with Crippen molar-refractivity contribution in [3.05, 3.63) is 53.1 Å². The quantitative estimate of drug-likeness (QED) is 0.871. The van der Waals surface area contributed by atoms with Gasteiger partial charge >= 0.3 is 0 Å². The second-order valence-electron chi connectivity index (χ2n) is 6.49. The third kappa shape index (κ3) is 2.50. The molecule has 1 unspecified atom stereocenters. The monoisotopic (exact) mass is 392 g/mol. The Kier molecular flexibility index (Phi) is 3.98. The molecular weight excluding hydrogens is 376 g/mol. The van der Waals surface area contributed by atoms with E-state index in [1.807, 2.05) is 6.07 Å². The van der Waals surface area contributed by atoms with E-state index in [1.54, 1.807) is 31.4 Å². The van der Waals surface area contributed by atoms with Gasteiger partial charge in [-0.3, -0.25) is 4.79 Å². The molecule has 26 heavy (non-hydrogen) atoms. The first-order valence-corrected chi connectivity index (χ1v) is 9.94. The second kappa shape index (κ2) is 5.97. The molecule has 2 aromatic rings. The number of anilines is 1. The fourth-order valence-electron chi connectivity index (χ4n) is 3.66. The Balaban J connectivity index is 1.71. The highest BCUT2D eigenvalue weighted by molar-refractivity contribution is 7.89. The van der Waals surface area contributed by atoms with Gasteiger partial charge in [0.25, 0.3) is 0 Å². The summed E-state index contributed by atoms with van der Waals surface area (Å²) >= 11 is 5.85. The summed E-state index contributed by atoms with van der Waals surface area (Å²) in [5.41, 5.74) is 0.612. The van der Waals surface area contributed by atoms with Crippen molar-refractivity contribution in [2.75, 3.05) is 25.5 Å². The molecule has 8 heteroatoms. The predicted octanol–water partition coefficient (Wildman–Crippen LogP) is 2.63. The SMILES string of the molecule is COc1ccc2c(c1)C1(CCN(S(=O)(=O)c3ccc(Cl)cc3)C1)C(=O)N2. The number of amides is 1. The maximum atomic E-state index is 13.0. The van der Waals surface area contributed by atoms with Gasteiger partial charge in [0, 0.05) is 23.8 Å². The molecule has 1 atom stereocenters. The summed E-state index contributed by atoms with van der Waals surface area (Å²) in [6.07, 6.45) is 0.422. The first-order chi connectivity index (χ1) is 12.4. The van der Waals surface area contributed by atoms with Crippen LogP contribution in [0.2, 0.25) is 5.02 Å². The van der Waals surface area contributed by atoms with E-state index in [4.69, 9.17) is 16.3 Å². The second-order valence-corrected chi connectivity index (χ2v) is 8.86. The lowest BCUT2D eigenvalue weighted by atomic mass is 9.81. The van der Waals surface area contributed by atoms with Gasteiger partial charge in [-0.2, -0.15) is 4.31 Å². The predicted molar refractivity (Wildman–Crippen MR) is 98.1 cm³/mol. The number of hydrogen-bond donors (Lipinski definition) is 1. The third-order valence-electron chi connectivity index (χ3n) is 5.11. The Hall–Kier alpha value is -2.09. The minimum atomic E-state index is -3.70. The van der Waals surface area contributed by atoms with Crippen LogP contribution in [0.15, 0.2) is 47.4 Å². The average Bonchev–Trinajstić information content (AvgIpc) is 3.19. The van der Waals surface area contributed by atoms with Crippen molar-refractivity contribution in [2.24, 2.45) is 0 Å². The summed E-state index contributed by atoms with van der Waals surface area (Å²) in [4.78, 5) is 12.9. The summed E-state index contributed by atoms with van der Waals surface area (Å²) in [5.74, 6) is 0.466. The standard InChI is InChI=1S/C18H17ClN2O4S/c1-25-13-4-7-16-15(10-13)18(17(22)20-16)8-9-21(11-18)26(23,24)14-5-2-12(19)3-6-14/h2-7,10H,8-9,11H2,1H3,(H,20,22). The lowest BCUT2D eigenvalue weighted by molar-refractivity contribution is -0.120. The normalized spacial score (nSPS) is 22.5. The lowest BCUT2D eigenvalue weighted by Gasteiger charge is -2.22. The minimum absolute atomic E-state index is 0.101. The number of halogens is 1. The number of benzene rings is 2. The highest BCUT2D eigenvalue weighted by atomic mass is 35.5. The summed E-state index contributed by atoms with van der Waals surface area (Å²) in [6.45, 7) is 0.374. The Morgan fingerprint density at radius 2 is 1.92 bits per heavy atom. The lowest BCUT2D eigenvalue weighted by Crippen LogP contribution is -2.39. The molecule has 0 bridgehead atoms. The third-order valence-corrected chi connectivity index (χ3v) is 7.22. The summed E-state index contributed by atoms with van der Waals surface area (Å²) in [5, 5.41) is 3.34. The molecule has 1 spiro atoms. The van der Waals surface area contributed by atoms with E-state index < -0.39 is 15.4 Å². The number of sulfonamides is 1. The molecule has 0 aliphatic carbocycles. The molecule has 0 radical (unpaired) electrons. The molecule has 2 aliphatic rings. The molecule has 1 N–H and O–H groups in total. The van der Waals surface area contributed by atoms with Gasteiger partial charge in [0.1, 0.15) is 5.75 Å². The van der Waals surface area contributed by atoms with E-state index in [0.29, 0.717) is 22.9 Å². The average molecular weight is 393 g/mol. The number of methoxy groups -OCH3 is 1. The number of ether oxygens (including phenoxy) is 1. The fourth-order valence-corrected chi connectivity index (χ4v) is 5.29. The van der Waals surface area contributed by atoms with Crippen LogP contribution in [-0.4, -0.2) is 38.8 Å². The zero-order chi connectivity index (χ0) is 18.5. The molecular formula is C18H17ClN2O4S. The Bertz CT molecular complexity index is 991. The zero-order valence-electron chi connectivity index (χ0n) is 14.0. The van der Waals surface area contributed by atoms with Crippen LogP contribution in [0.25, 0.3) is 0 Å². The van der Waals surface area contributed by atoms with Gasteiger partial charge in [0.05, 0.1) is 17.4 Å². The van der Waals surface area contributed by atoms with Gasteiger partial charge in [-0.15, -0.1) is 0 Å². The molecule has 4 rings (SSSR count). The Morgan fingerprint density at radius 1 is 1.19 bits per heavy atom. The van der Waals surface area contributed by atoms with Crippen LogP contribution in [0.3, 0.4) is 0 Å². The van der Waals surface area contributed by atoms with Crippen LogP contribution in [0.5, 0.6) is 5.75 Å². The van der Waals surface area contributed by atoms with E-state index in [0.717, 1.165) is 5.56 Å². The number of hydrogen-bond acceptors (Lipinski definition) is 4. The molecule has 1 saturated heterocycles. The van der Waals surface area contributed by atoms with E-state index in [1.165, 1.54) is 16.4 Å². The van der Waals surface area contributed by atoms with E-state index in [2.05, 4.69) is 5.32 Å². The molecule has 6 nitrogen and oxygen atoms in total. The number of rotatable bonds is 3.